The molecule has 0 bridgehead atoms. The van der Waals surface area contributed by atoms with Crippen molar-refractivity contribution in [1.29, 1.82) is 0 Å². The summed E-state index contributed by atoms with van der Waals surface area (Å²) in [7, 11) is 2.07. The number of nitrogens with two attached hydrogens (primary N) is 1. The predicted molar refractivity (Wildman–Crippen MR) is 88.1 cm³/mol. The SMILES string of the molecule is CCCCC1CC(C)CCC1NN(C)C(N)C=C(C)C. The van der Waals surface area contributed by atoms with Crippen molar-refractivity contribution in [1.82, 2.24) is 10.4 Å². The highest BCUT2D eigenvalue weighted by Crippen LogP contribution is 2.32. The van der Waals surface area contributed by atoms with E-state index in [0.717, 1.165) is 11.8 Å². The van der Waals surface area contributed by atoms with Gasteiger partial charge >= 0.3 is 0 Å². The van der Waals surface area contributed by atoms with Crippen LogP contribution in [0.25, 0.3) is 0 Å². The van der Waals surface area contributed by atoms with E-state index in [1.807, 2.05) is 0 Å². The quantitative estimate of drug-likeness (QED) is 0.425. The van der Waals surface area contributed by atoms with Crippen molar-refractivity contribution in [2.45, 2.75) is 78.4 Å². The molecule has 0 aliphatic heterocycles. The van der Waals surface area contributed by atoms with Crippen molar-refractivity contribution in [2.75, 3.05) is 7.05 Å². The van der Waals surface area contributed by atoms with Crippen LogP contribution < -0.4 is 11.2 Å². The number of hydrogen-bond acceptors (Lipinski definition) is 3. The van der Waals surface area contributed by atoms with Crippen LogP contribution in [-0.4, -0.2) is 24.3 Å². The van der Waals surface area contributed by atoms with Crippen molar-refractivity contribution in [3.05, 3.63) is 11.6 Å². The molecule has 0 amide bonds. The van der Waals surface area contributed by atoms with E-state index < -0.39 is 0 Å². The van der Waals surface area contributed by atoms with Gasteiger partial charge in [0.05, 0.1) is 6.17 Å². The van der Waals surface area contributed by atoms with E-state index in [1.165, 1.54) is 44.1 Å². The smallest absolute Gasteiger partial charge is 0.0896 e. The fraction of sp³-hybridized carbons (Fsp3) is 0.882. The lowest BCUT2D eigenvalue weighted by Gasteiger charge is -2.39. The minimum atomic E-state index is -0.0359. The van der Waals surface area contributed by atoms with Crippen molar-refractivity contribution < 1.29 is 0 Å². The first-order valence-electron chi connectivity index (χ1n) is 8.33. The molecule has 3 heteroatoms. The van der Waals surface area contributed by atoms with Crippen LogP contribution in [0.3, 0.4) is 0 Å². The van der Waals surface area contributed by atoms with E-state index in [4.69, 9.17) is 5.73 Å². The molecule has 0 spiro atoms. The van der Waals surface area contributed by atoms with Gasteiger partial charge in [0.2, 0.25) is 0 Å². The zero-order valence-corrected chi connectivity index (χ0v) is 14.2. The average molecular weight is 281 g/mol. The van der Waals surface area contributed by atoms with Gasteiger partial charge < -0.3 is 5.73 Å². The van der Waals surface area contributed by atoms with E-state index in [1.54, 1.807) is 0 Å². The third-order valence-corrected chi connectivity index (χ3v) is 4.49. The number of nitrogens with zero attached hydrogens (tertiary/aromatic N) is 1. The van der Waals surface area contributed by atoms with Crippen LogP contribution in [0.5, 0.6) is 0 Å². The second-order valence-electron chi connectivity index (χ2n) is 6.90. The number of nitrogens with one attached hydrogen (secondary N) is 1. The van der Waals surface area contributed by atoms with E-state index in [0.29, 0.717) is 6.04 Å². The number of unbranched alkanes of at least 4 members (excludes halogenated alkanes) is 1. The van der Waals surface area contributed by atoms with Crippen LogP contribution >= 0.6 is 0 Å². The number of hydrogen-bond donors (Lipinski definition) is 2. The monoisotopic (exact) mass is 281 g/mol. The Balaban J connectivity index is 2.55. The molecule has 3 nitrogen and oxygen atoms in total. The summed E-state index contributed by atoms with van der Waals surface area (Å²) in [6, 6.07) is 0.597. The molecule has 0 radical (unpaired) electrons. The molecular weight excluding hydrogens is 246 g/mol. The van der Waals surface area contributed by atoms with Gasteiger partial charge in [-0.1, -0.05) is 38.3 Å². The Kier molecular flexibility index (Phi) is 7.78. The van der Waals surface area contributed by atoms with Crippen molar-refractivity contribution in [3.63, 3.8) is 0 Å². The zero-order valence-electron chi connectivity index (χ0n) is 14.2. The average Bonchev–Trinajstić information content (AvgIpc) is 2.38. The lowest BCUT2D eigenvalue weighted by atomic mass is 9.77. The fourth-order valence-electron chi connectivity index (χ4n) is 3.25. The predicted octanol–water partition coefficient (Wildman–Crippen LogP) is 3.67. The summed E-state index contributed by atoms with van der Waals surface area (Å²) in [5.74, 6) is 1.69. The van der Waals surface area contributed by atoms with E-state index >= 15 is 0 Å². The second-order valence-corrected chi connectivity index (χ2v) is 6.90. The molecule has 4 unspecified atom stereocenters. The molecule has 3 N–H and O–H groups in total. The maximum absolute atomic E-state index is 6.20. The molecular formula is C17H35N3. The highest BCUT2D eigenvalue weighted by atomic mass is 15.5. The summed E-state index contributed by atoms with van der Waals surface area (Å²) in [6.07, 6.45) is 10.1. The van der Waals surface area contributed by atoms with Crippen LogP contribution in [0.4, 0.5) is 0 Å². The Hall–Kier alpha value is -0.380. The van der Waals surface area contributed by atoms with Crippen LogP contribution in [0.2, 0.25) is 0 Å². The van der Waals surface area contributed by atoms with Gasteiger partial charge in [-0.25, -0.2) is 5.01 Å². The number of hydrazine groups is 1. The molecule has 1 rings (SSSR count). The Morgan fingerprint density at radius 1 is 1.40 bits per heavy atom. The molecule has 0 aromatic carbocycles. The Bertz CT molecular complexity index is 297. The van der Waals surface area contributed by atoms with Gasteiger partial charge in [-0.2, -0.15) is 0 Å². The van der Waals surface area contributed by atoms with Gasteiger partial charge in [0.15, 0.2) is 0 Å². The van der Waals surface area contributed by atoms with Crippen molar-refractivity contribution in [2.24, 2.45) is 17.6 Å². The summed E-state index contributed by atoms with van der Waals surface area (Å²) >= 11 is 0. The summed E-state index contributed by atoms with van der Waals surface area (Å²) in [4.78, 5) is 0. The Morgan fingerprint density at radius 2 is 2.10 bits per heavy atom. The first-order valence-corrected chi connectivity index (χ1v) is 8.33. The highest BCUT2D eigenvalue weighted by molar-refractivity contribution is 4.99. The summed E-state index contributed by atoms with van der Waals surface area (Å²) in [5, 5.41) is 2.09. The summed E-state index contributed by atoms with van der Waals surface area (Å²) in [5.41, 5.74) is 11.1. The number of rotatable bonds is 7. The minimum Gasteiger partial charge on any atom is -0.311 e. The van der Waals surface area contributed by atoms with Crippen LogP contribution in [0.15, 0.2) is 11.6 Å². The topological polar surface area (TPSA) is 41.3 Å². The molecule has 1 aliphatic rings. The summed E-state index contributed by atoms with van der Waals surface area (Å²) < 4.78 is 0. The van der Waals surface area contributed by atoms with E-state index in [-0.39, 0.29) is 6.17 Å². The molecule has 1 fully saturated rings. The normalized spacial score (nSPS) is 28.4. The van der Waals surface area contributed by atoms with Crippen LogP contribution in [0, 0.1) is 11.8 Å². The van der Waals surface area contributed by atoms with Gasteiger partial charge in [0.1, 0.15) is 0 Å². The number of allylic oxidation sites excluding steroid dienone is 1. The van der Waals surface area contributed by atoms with Crippen LogP contribution in [0.1, 0.15) is 66.2 Å². The largest absolute Gasteiger partial charge is 0.311 e. The van der Waals surface area contributed by atoms with Gasteiger partial charge in [0.25, 0.3) is 0 Å². The Labute approximate surface area is 126 Å². The molecule has 1 aliphatic carbocycles. The lowest BCUT2D eigenvalue weighted by molar-refractivity contribution is 0.0938. The maximum atomic E-state index is 6.20. The van der Waals surface area contributed by atoms with Gasteiger partial charge in [0, 0.05) is 13.1 Å². The molecule has 118 valence electrons. The first kappa shape index (κ1) is 17.7. The molecule has 0 heterocycles. The van der Waals surface area contributed by atoms with E-state index in [2.05, 4.69) is 51.3 Å². The third kappa shape index (κ3) is 5.94. The van der Waals surface area contributed by atoms with Gasteiger partial charge in [-0.3, -0.25) is 5.43 Å². The molecule has 0 aromatic rings. The molecule has 4 atom stereocenters. The molecule has 20 heavy (non-hydrogen) atoms. The summed E-state index contributed by atoms with van der Waals surface area (Å²) in [6.45, 7) is 8.87. The van der Waals surface area contributed by atoms with E-state index in [9.17, 15) is 0 Å². The third-order valence-electron chi connectivity index (χ3n) is 4.49. The first-order chi connectivity index (χ1) is 9.43. The maximum Gasteiger partial charge on any atom is 0.0896 e. The van der Waals surface area contributed by atoms with Crippen molar-refractivity contribution in [3.8, 4) is 0 Å². The Morgan fingerprint density at radius 3 is 2.70 bits per heavy atom. The van der Waals surface area contributed by atoms with Crippen molar-refractivity contribution >= 4 is 0 Å². The highest BCUT2D eigenvalue weighted by Gasteiger charge is 2.29. The zero-order chi connectivity index (χ0) is 15.1. The standard InChI is InChI=1S/C17H35N3/c1-6-7-8-15-12-14(4)9-10-16(15)19-20(5)17(18)11-13(2)3/h11,14-17,19H,6-10,12,18H2,1-5H3. The molecule has 0 aromatic heterocycles. The minimum absolute atomic E-state index is 0.0359. The molecule has 1 saturated carbocycles. The second kappa shape index (κ2) is 8.81. The van der Waals surface area contributed by atoms with Crippen LogP contribution in [-0.2, 0) is 0 Å². The van der Waals surface area contributed by atoms with Gasteiger partial charge in [-0.05, 0) is 51.4 Å². The fourth-order valence-corrected chi connectivity index (χ4v) is 3.25. The molecule has 0 saturated heterocycles. The number of likely N-dealkylation sites (N-methyl/N-ethyl adjacent to an activating group) is 1. The lowest BCUT2D eigenvalue weighted by Crippen LogP contribution is -2.54. The van der Waals surface area contributed by atoms with Gasteiger partial charge in [-0.15, -0.1) is 0 Å².